The SMILES string of the molecule is O=C1CO[C@H]2CCN(C(=O)N3CCN(C(c4ccccc4)C(F)(F)F)CC3)C[C@H]2N1. The number of nitrogens with one attached hydrogen (secondary N) is 1. The molecule has 10 heteroatoms. The number of nitrogens with zero attached hydrogens (tertiary/aromatic N) is 3. The standard InChI is InChI=1S/C20H25F3N4O3/c21-20(22,23)18(14-4-2-1-3-5-14)25-8-10-26(11-9-25)19(29)27-7-6-16-15(12-27)24-17(28)13-30-16/h1-5,15-16,18H,6-13H2,(H,24,28)/t15-,16+,18?/m1/s1. The molecule has 0 aliphatic carbocycles. The van der Waals surface area contributed by atoms with Crippen LogP contribution < -0.4 is 5.32 Å². The van der Waals surface area contributed by atoms with Gasteiger partial charge in [0, 0.05) is 39.3 Å². The van der Waals surface area contributed by atoms with Gasteiger partial charge in [-0.25, -0.2) is 4.79 Å². The molecule has 3 amide bonds. The number of piperidine rings is 1. The number of amides is 3. The molecule has 164 valence electrons. The van der Waals surface area contributed by atoms with Gasteiger partial charge >= 0.3 is 12.2 Å². The number of alkyl halides is 3. The Hall–Kier alpha value is -2.33. The van der Waals surface area contributed by atoms with Crippen molar-refractivity contribution >= 4 is 11.9 Å². The molecule has 3 atom stereocenters. The number of rotatable bonds is 2. The van der Waals surface area contributed by atoms with Crippen LogP contribution in [0.5, 0.6) is 0 Å². The number of fused-ring (bicyclic) bond motifs is 1. The van der Waals surface area contributed by atoms with Gasteiger partial charge in [0.05, 0.1) is 12.1 Å². The van der Waals surface area contributed by atoms with Crippen molar-refractivity contribution in [1.29, 1.82) is 0 Å². The first-order valence-corrected chi connectivity index (χ1v) is 10.1. The van der Waals surface area contributed by atoms with Crippen molar-refractivity contribution in [3.05, 3.63) is 35.9 Å². The third kappa shape index (κ3) is 4.39. The van der Waals surface area contributed by atoms with Crippen LogP contribution >= 0.6 is 0 Å². The maximum atomic E-state index is 13.7. The molecule has 3 aliphatic rings. The first-order chi connectivity index (χ1) is 14.3. The Morgan fingerprint density at radius 1 is 1.07 bits per heavy atom. The van der Waals surface area contributed by atoms with E-state index in [1.807, 2.05) is 0 Å². The summed E-state index contributed by atoms with van der Waals surface area (Å²) < 4.78 is 46.8. The average Bonchev–Trinajstić information content (AvgIpc) is 2.73. The molecule has 1 aromatic rings. The molecule has 0 saturated carbocycles. The number of halogens is 3. The molecular formula is C20H25F3N4O3. The van der Waals surface area contributed by atoms with E-state index in [2.05, 4.69) is 5.32 Å². The molecule has 0 spiro atoms. The average molecular weight is 426 g/mol. The van der Waals surface area contributed by atoms with Crippen molar-refractivity contribution in [3.63, 3.8) is 0 Å². The molecule has 7 nitrogen and oxygen atoms in total. The highest BCUT2D eigenvalue weighted by molar-refractivity contribution is 5.79. The van der Waals surface area contributed by atoms with Gasteiger partial charge < -0.3 is 19.9 Å². The Bertz CT molecular complexity index is 768. The number of hydrogen-bond donors (Lipinski definition) is 1. The van der Waals surface area contributed by atoms with Gasteiger partial charge in [-0.3, -0.25) is 9.69 Å². The lowest BCUT2D eigenvalue weighted by molar-refractivity contribution is -0.189. The number of carbonyl (C=O) groups is 2. The molecule has 1 aromatic carbocycles. The van der Waals surface area contributed by atoms with Crippen molar-refractivity contribution in [2.45, 2.75) is 30.8 Å². The monoisotopic (exact) mass is 426 g/mol. The highest BCUT2D eigenvalue weighted by atomic mass is 19.4. The lowest BCUT2D eigenvalue weighted by Crippen LogP contribution is -2.63. The van der Waals surface area contributed by atoms with E-state index < -0.39 is 12.2 Å². The zero-order chi connectivity index (χ0) is 21.3. The summed E-state index contributed by atoms with van der Waals surface area (Å²) in [7, 11) is 0. The number of carbonyl (C=O) groups excluding carboxylic acids is 2. The molecule has 4 rings (SSSR count). The van der Waals surface area contributed by atoms with Crippen LogP contribution in [0.2, 0.25) is 0 Å². The summed E-state index contributed by atoms with van der Waals surface area (Å²) in [5.74, 6) is -0.196. The van der Waals surface area contributed by atoms with Crippen molar-refractivity contribution in [2.24, 2.45) is 0 Å². The van der Waals surface area contributed by atoms with Gasteiger partial charge in [0.1, 0.15) is 12.6 Å². The first-order valence-electron chi connectivity index (χ1n) is 10.1. The third-order valence-corrected chi connectivity index (χ3v) is 5.97. The Labute approximate surface area is 172 Å². The second-order valence-corrected chi connectivity index (χ2v) is 7.92. The lowest BCUT2D eigenvalue weighted by Gasteiger charge is -2.44. The van der Waals surface area contributed by atoms with Crippen LogP contribution in [0.3, 0.4) is 0 Å². The van der Waals surface area contributed by atoms with E-state index in [1.54, 1.807) is 28.0 Å². The summed E-state index contributed by atoms with van der Waals surface area (Å²) in [5, 5.41) is 2.85. The molecule has 3 aliphatic heterocycles. The highest BCUT2D eigenvalue weighted by Gasteiger charge is 2.46. The highest BCUT2D eigenvalue weighted by Crippen LogP contribution is 2.38. The van der Waals surface area contributed by atoms with Crippen LogP contribution in [-0.4, -0.2) is 90.8 Å². The van der Waals surface area contributed by atoms with Gasteiger partial charge in [0.15, 0.2) is 0 Å². The third-order valence-electron chi connectivity index (χ3n) is 5.97. The second kappa shape index (κ2) is 8.43. The summed E-state index contributed by atoms with van der Waals surface area (Å²) in [6, 6.07) is 5.75. The van der Waals surface area contributed by atoms with Crippen LogP contribution in [0.15, 0.2) is 30.3 Å². The number of likely N-dealkylation sites (tertiary alicyclic amines) is 1. The Morgan fingerprint density at radius 2 is 1.77 bits per heavy atom. The van der Waals surface area contributed by atoms with Crippen molar-refractivity contribution in [1.82, 2.24) is 20.0 Å². The lowest BCUT2D eigenvalue weighted by atomic mass is 10.0. The molecule has 1 unspecified atom stereocenters. The number of hydrogen-bond acceptors (Lipinski definition) is 4. The number of piperazine rings is 1. The van der Waals surface area contributed by atoms with E-state index in [1.165, 1.54) is 17.0 Å². The van der Waals surface area contributed by atoms with Gasteiger partial charge in [-0.05, 0) is 12.0 Å². The van der Waals surface area contributed by atoms with Crippen molar-refractivity contribution in [3.8, 4) is 0 Å². The van der Waals surface area contributed by atoms with Gasteiger partial charge in [0.25, 0.3) is 0 Å². The largest absolute Gasteiger partial charge is 0.408 e. The fourth-order valence-electron chi connectivity index (χ4n) is 4.49. The van der Waals surface area contributed by atoms with E-state index in [9.17, 15) is 22.8 Å². The molecule has 0 radical (unpaired) electrons. The molecule has 0 bridgehead atoms. The minimum Gasteiger partial charge on any atom is -0.366 e. The first kappa shape index (κ1) is 20.9. The fraction of sp³-hybridized carbons (Fsp3) is 0.600. The van der Waals surface area contributed by atoms with E-state index in [0.29, 0.717) is 19.5 Å². The zero-order valence-corrected chi connectivity index (χ0v) is 16.5. The Morgan fingerprint density at radius 3 is 2.43 bits per heavy atom. The van der Waals surface area contributed by atoms with E-state index in [4.69, 9.17) is 4.74 Å². The molecular weight excluding hydrogens is 401 g/mol. The van der Waals surface area contributed by atoms with E-state index in [0.717, 1.165) is 0 Å². The summed E-state index contributed by atoms with van der Waals surface area (Å²) in [4.78, 5) is 29.1. The van der Waals surface area contributed by atoms with Crippen LogP contribution in [-0.2, 0) is 9.53 Å². The van der Waals surface area contributed by atoms with Crippen LogP contribution in [0.4, 0.5) is 18.0 Å². The summed E-state index contributed by atoms with van der Waals surface area (Å²) in [5.41, 5.74) is 0.208. The normalized spacial score (nSPS) is 26.7. The second-order valence-electron chi connectivity index (χ2n) is 7.92. The number of ether oxygens (including phenoxy) is 1. The number of morpholine rings is 1. The predicted octanol–water partition coefficient (Wildman–Crippen LogP) is 1.62. The number of benzene rings is 1. The van der Waals surface area contributed by atoms with Gasteiger partial charge in [-0.2, -0.15) is 13.2 Å². The quantitative estimate of drug-likeness (QED) is 0.781. The summed E-state index contributed by atoms with van der Waals surface area (Å²) in [6.45, 7) is 1.64. The molecule has 3 fully saturated rings. The minimum atomic E-state index is -4.39. The summed E-state index contributed by atoms with van der Waals surface area (Å²) >= 11 is 0. The maximum Gasteiger partial charge on any atom is 0.408 e. The van der Waals surface area contributed by atoms with E-state index in [-0.39, 0.29) is 62.4 Å². The topological polar surface area (TPSA) is 65.1 Å². The Balaban J connectivity index is 1.37. The van der Waals surface area contributed by atoms with Crippen LogP contribution in [0, 0.1) is 0 Å². The van der Waals surface area contributed by atoms with E-state index >= 15 is 0 Å². The molecule has 3 heterocycles. The molecule has 3 saturated heterocycles. The van der Waals surface area contributed by atoms with Gasteiger partial charge in [-0.15, -0.1) is 0 Å². The number of urea groups is 1. The predicted molar refractivity (Wildman–Crippen MR) is 102 cm³/mol. The zero-order valence-electron chi connectivity index (χ0n) is 16.5. The van der Waals surface area contributed by atoms with Gasteiger partial charge in [0.2, 0.25) is 5.91 Å². The van der Waals surface area contributed by atoms with Crippen LogP contribution in [0.1, 0.15) is 18.0 Å². The fourth-order valence-corrected chi connectivity index (χ4v) is 4.49. The van der Waals surface area contributed by atoms with Crippen molar-refractivity contribution < 1.29 is 27.5 Å². The maximum absolute atomic E-state index is 13.7. The smallest absolute Gasteiger partial charge is 0.366 e. The van der Waals surface area contributed by atoms with Crippen LogP contribution in [0.25, 0.3) is 0 Å². The minimum absolute atomic E-state index is 0.0405. The van der Waals surface area contributed by atoms with Gasteiger partial charge in [-0.1, -0.05) is 30.3 Å². The molecule has 1 N–H and O–H groups in total. The Kier molecular flexibility index (Phi) is 5.88. The van der Waals surface area contributed by atoms with Crippen molar-refractivity contribution in [2.75, 3.05) is 45.9 Å². The summed E-state index contributed by atoms with van der Waals surface area (Å²) in [6.07, 6.45) is -3.86. The molecule has 30 heavy (non-hydrogen) atoms. The molecule has 0 aromatic heterocycles.